The van der Waals surface area contributed by atoms with Gasteiger partial charge < -0.3 is 20.3 Å². The average Bonchev–Trinajstić information content (AvgIpc) is 2.69. The fourth-order valence-corrected chi connectivity index (χ4v) is 2.88. The number of carbonyl (C=O) groups is 2. The lowest BCUT2D eigenvalue weighted by molar-refractivity contribution is 0.0600. The Morgan fingerprint density at radius 3 is 2.46 bits per heavy atom. The van der Waals surface area contributed by atoms with Crippen molar-refractivity contribution in [1.29, 1.82) is 0 Å². The summed E-state index contributed by atoms with van der Waals surface area (Å²) in [7, 11) is 1.34. The molecule has 1 aliphatic heterocycles. The van der Waals surface area contributed by atoms with Crippen LogP contribution in [0.5, 0.6) is 0 Å². The summed E-state index contributed by atoms with van der Waals surface area (Å²) in [6.07, 6.45) is 3.17. The van der Waals surface area contributed by atoms with E-state index in [0.29, 0.717) is 24.5 Å². The average molecular weight is 354 g/mol. The molecule has 1 aromatic heterocycles. The third-order valence-corrected chi connectivity index (χ3v) is 4.34. The summed E-state index contributed by atoms with van der Waals surface area (Å²) in [4.78, 5) is 29.8. The van der Waals surface area contributed by atoms with E-state index in [1.165, 1.54) is 13.3 Å². The van der Waals surface area contributed by atoms with Crippen molar-refractivity contribution >= 4 is 23.5 Å². The number of nitrogens with one attached hydrogen (secondary N) is 2. The van der Waals surface area contributed by atoms with E-state index in [1.54, 1.807) is 12.1 Å². The number of anilines is 2. The summed E-state index contributed by atoms with van der Waals surface area (Å²) in [5, 5.41) is 6.26. The van der Waals surface area contributed by atoms with Gasteiger partial charge in [0.05, 0.1) is 12.7 Å². The zero-order valence-electron chi connectivity index (χ0n) is 14.6. The van der Waals surface area contributed by atoms with Crippen LogP contribution in [-0.2, 0) is 4.74 Å². The van der Waals surface area contributed by atoms with Gasteiger partial charge in [0.1, 0.15) is 5.82 Å². The largest absolute Gasteiger partial charge is 0.465 e. The van der Waals surface area contributed by atoms with E-state index < -0.39 is 5.97 Å². The van der Waals surface area contributed by atoms with E-state index in [-0.39, 0.29) is 12.1 Å². The van der Waals surface area contributed by atoms with Crippen LogP contribution in [0.3, 0.4) is 0 Å². The van der Waals surface area contributed by atoms with Gasteiger partial charge >= 0.3 is 12.0 Å². The van der Waals surface area contributed by atoms with E-state index >= 15 is 0 Å². The van der Waals surface area contributed by atoms with Gasteiger partial charge in [0.15, 0.2) is 0 Å². The lowest BCUT2D eigenvalue weighted by Gasteiger charge is -2.32. The van der Waals surface area contributed by atoms with Crippen molar-refractivity contribution in [3.63, 3.8) is 0 Å². The number of pyridine rings is 1. The summed E-state index contributed by atoms with van der Waals surface area (Å²) in [6.45, 7) is 1.35. The molecule has 0 unspecified atom stereocenters. The van der Waals surface area contributed by atoms with Crippen LogP contribution >= 0.6 is 0 Å². The number of hydrogen-bond donors (Lipinski definition) is 2. The highest BCUT2D eigenvalue weighted by atomic mass is 16.5. The highest BCUT2D eigenvalue weighted by Crippen LogP contribution is 2.17. The molecule has 1 aliphatic rings. The molecule has 0 atom stereocenters. The Morgan fingerprint density at radius 2 is 1.85 bits per heavy atom. The van der Waals surface area contributed by atoms with Gasteiger partial charge in [-0.25, -0.2) is 14.6 Å². The van der Waals surface area contributed by atoms with E-state index in [9.17, 15) is 9.59 Å². The number of nitrogens with zero attached hydrogens (tertiary/aromatic N) is 2. The molecule has 0 radical (unpaired) electrons. The Kier molecular flexibility index (Phi) is 5.68. The first kappa shape index (κ1) is 17.7. The normalized spacial score (nSPS) is 14.6. The summed E-state index contributed by atoms with van der Waals surface area (Å²) >= 11 is 0. The zero-order chi connectivity index (χ0) is 18.4. The summed E-state index contributed by atoms with van der Waals surface area (Å²) in [5.41, 5.74) is 1.22. The number of ether oxygens (including phenoxy) is 1. The fourth-order valence-electron chi connectivity index (χ4n) is 2.88. The second-order valence-electron chi connectivity index (χ2n) is 6.13. The molecule has 2 aromatic rings. The number of esters is 1. The number of hydrogen-bond acceptors (Lipinski definition) is 5. The maximum absolute atomic E-state index is 12.3. The summed E-state index contributed by atoms with van der Waals surface area (Å²) < 4.78 is 4.66. The molecule has 0 saturated carbocycles. The SMILES string of the molecule is COC(=O)c1ccc(NC2CCN(C(=O)Nc3ccccc3)CC2)nc1. The first-order valence-corrected chi connectivity index (χ1v) is 8.57. The fraction of sp³-hybridized carbons (Fsp3) is 0.316. The molecule has 7 nitrogen and oxygen atoms in total. The maximum Gasteiger partial charge on any atom is 0.339 e. The van der Waals surface area contributed by atoms with Gasteiger partial charge in [-0.3, -0.25) is 0 Å². The molecular weight excluding hydrogens is 332 g/mol. The molecule has 3 rings (SSSR count). The number of benzene rings is 1. The number of rotatable bonds is 4. The van der Waals surface area contributed by atoms with Gasteiger partial charge in [0.25, 0.3) is 0 Å². The molecular formula is C19H22N4O3. The lowest BCUT2D eigenvalue weighted by atomic mass is 10.1. The molecule has 1 aromatic carbocycles. The number of methoxy groups -OCH3 is 1. The van der Waals surface area contributed by atoms with Crippen LogP contribution < -0.4 is 10.6 Å². The van der Waals surface area contributed by atoms with Gasteiger partial charge in [-0.2, -0.15) is 0 Å². The highest BCUT2D eigenvalue weighted by molar-refractivity contribution is 5.89. The van der Waals surface area contributed by atoms with Crippen molar-refractivity contribution in [3.05, 3.63) is 54.2 Å². The first-order chi connectivity index (χ1) is 12.7. The second kappa shape index (κ2) is 8.33. The Hall–Kier alpha value is -3.09. The smallest absolute Gasteiger partial charge is 0.339 e. The van der Waals surface area contributed by atoms with Gasteiger partial charge in [0.2, 0.25) is 0 Å². The van der Waals surface area contributed by atoms with Crippen LogP contribution in [0.15, 0.2) is 48.7 Å². The summed E-state index contributed by atoms with van der Waals surface area (Å²) in [6, 6.07) is 13.1. The van der Waals surface area contributed by atoms with Gasteiger partial charge in [-0.05, 0) is 37.1 Å². The van der Waals surface area contributed by atoms with Gasteiger partial charge in [-0.1, -0.05) is 18.2 Å². The number of para-hydroxylation sites is 1. The molecule has 2 heterocycles. The predicted octanol–water partition coefficient (Wildman–Crippen LogP) is 2.98. The monoisotopic (exact) mass is 354 g/mol. The van der Waals surface area contributed by atoms with Crippen LogP contribution in [0.1, 0.15) is 23.2 Å². The minimum absolute atomic E-state index is 0.0739. The Bertz CT molecular complexity index is 741. The van der Waals surface area contributed by atoms with E-state index in [4.69, 9.17) is 0 Å². The van der Waals surface area contributed by atoms with E-state index in [0.717, 1.165) is 18.5 Å². The van der Waals surface area contributed by atoms with Crippen LogP contribution in [0.25, 0.3) is 0 Å². The van der Waals surface area contributed by atoms with Crippen molar-refractivity contribution in [2.75, 3.05) is 30.8 Å². The third-order valence-electron chi connectivity index (χ3n) is 4.34. The van der Waals surface area contributed by atoms with Crippen molar-refractivity contribution in [3.8, 4) is 0 Å². The molecule has 0 aliphatic carbocycles. The molecule has 1 fully saturated rings. The molecule has 0 spiro atoms. The lowest BCUT2D eigenvalue weighted by Crippen LogP contribution is -2.44. The van der Waals surface area contributed by atoms with Crippen molar-refractivity contribution < 1.29 is 14.3 Å². The molecule has 1 saturated heterocycles. The Labute approximate surface area is 152 Å². The molecule has 2 N–H and O–H groups in total. The van der Waals surface area contributed by atoms with Crippen LogP contribution in [0.2, 0.25) is 0 Å². The number of piperidine rings is 1. The Balaban J connectivity index is 1.47. The van der Waals surface area contributed by atoms with Crippen LogP contribution in [-0.4, -0.2) is 48.1 Å². The minimum Gasteiger partial charge on any atom is -0.465 e. The van der Waals surface area contributed by atoms with Crippen LogP contribution in [0.4, 0.5) is 16.3 Å². The van der Waals surface area contributed by atoms with E-state index in [2.05, 4.69) is 20.4 Å². The number of amides is 2. The predicted molar refractivity (Wildman–Crippen MR) is 99.3 cm³/mol. The topological polar surface area (TPSA) is 83.6 Å². The van der Waals surface area contributed by atoms with Crippen molar-refractivity contribution in [2.24, 2.45) is 0 Å². The van der Waals surface area contributed by atoms with E-state index in [1.807, 2.05) is 35.2 Å². The first-order valence-electron chi connectivity index (χ1n) is 8.57. The summed E-state index contributed by atoms with van der Waals surface area (Å²) in [5.74, 6) is 0.312. The standard InChI is InChI=1S/C19H22N4O3/c1-26-18(24)14-7-8-17(20-13-14)21-16-9-11-23(12-10-16)19(25)22-15-5-3-2-4-6-15/h2-8,13,16H,9-12H2,1H3,(H,20,21)(H,22,25). The Morgan fingerprint density at radius 1 is 1.12 bits per heavy atom. The van der Waals surface area contributed by atoms with Crippen molar-refractivity contribution in [2.45, 2.75) is 18.9 Å². The molecule has 0 bridgehead atoms. The molecule has 7 heteroatoms. The number of likely N-dealkylation sites (tertiary alicyclic amines) is 1. The van der Waals surface area contributed by atoms with Gasteiger partial charge in [0, 0.05) is 31.0 Å². The third kappa shape index (κ3) is 4.50. The van der Waals surface area contributed by atoms with Crippen molar-refractivity contribution in [1.82, 2.24) is 9.88 Å². The number of aromatic nitrogens is 1. The highest BCUT2D eigenvalue weighted by Gasteiger charge is 2.23. The second-order valence-corrected chi connectivity index (χ2v) is 6.13. The minimum atomic E-state index is -0.401. The van der Waals surface area contributed by atoms with Crippen LogP contribution in [0, 0.1) is 0 Å². The zero-order valence-corrected chi connectivity index (χ0v) is 14.6. The molecule has 26 heavy (non-hydrogen) atoms. The van der Waals surface area contributed by atoms with Gasteiger partial charge in [-0.15, -0.1) is 0 Å². The number of urea groups is 1. The quantitative estimate of drug-likeness (QED) is 0.825. The molecule has 136 valence electrons. The molecule has 2 amide bonds. The number of carbonyl (C=O) groups excluding carboxylic acids is 2. The maximum atomic E-state index is 12.3.